The molecule has 1 aliphatic heterocycles. The second-order valence-corrected chi connectivity index (χ2v) is 7.24. The summed E-state index contributed by atoms with van der Waals surface area (Å²) in [6, 6.07) is 10.8. The van der Waals surface area contributed by atoms with Crippen LogP contribution in [-0.2, 0) is 0 Å². The number of rotatable bonds is 3. The van der Waals surface area contributed by atoms with Crippen molar-refractivity contribution in [3.63, 3.8) is 0 Å². The molecule has 0 atom stereocenters. The van der Waals surface area contributed by atoms with E-state index in [0.717, 1.165) is 16.3 Å². The summed E-state index contributed by atoms with van der Waals surface area (Å²) in [5, 5.41) is 6.25. The number of anilines is 1. The minimum absolute atomic E-state index is 0.268. The number of hydrogen-bond acceptors (Lipinski definition) is 5. The van der Waals surface area contributed by atoms with Gasteiger partial charge in [0, 0.05) is 22.2 Å². The summed E-state index contributed by atoms with van der Waals surface area (Å²) >= 11 is 7.80. The first-order valence-electron chi connectivity index (χ1n) is 8.03. The molecule has 4 rings (SSSR count). The summed E-state index contributed by atoms with van der Waals surface area (Å²) in [5.74, 6) is 0.700. The quantitative estimate of drug-likeness (QED) is 0.702. The molecule has 0 radical (unpaired) electrons. The smallest absolute Gasteiger partial charge is 0.255 e. The number of ether oxygens (including phenoxy) is 2. The monoisotopic (exact) mass is 386 g/mol. The Morgan fingerprint density at radius 1 is 1.23 bits per heavy atom. The number of amides is 1. The van der Waals surface area contributed by atoms with E-state index in [2.05, 4.69) is 10.3 Å². The molecule has 0 unspecified atom stereocenters. The van der Waals surface area contributed by atoms with E-state index in [1.165, 1.54) is 0 Å². The van der Waals surface area contributed by atoms with E-state index in [9.17, 15) is 4.79 Å². The van der Waals surface area contributed by atoms with E-state index in [1.54, 1.807) is 23.5 Å². The highest BCUT2D eigenvalue weighted by atomic mass is 35.5. The van der Waals surface area contributed by atoms with Crippen LogP contribution in [0.4, 0.5) is 5.69 Å². The van der Waals surface area contributed by atoms with Gasteiger partial charge in [-0.1, -0.05) is 23.7 Å². The van der Waals surface area contributed by atoms with Crippen LogP contribution in [0.3, 0.4) is 0 Å². The maximum atomic E-state index is 12.6. The van der Waals surface area contributed by atoms with Crippen molar-refractivity contribution in [2.45, 2.75) is 6.92 Å². The zero-order chi connectivity index (χ0) is 18.1. The molecule has 132 valence electrons. The summed E-state index contributed by atoms with van der Waals surface area (Å²) in [6.07, 6.45) is 0. The molecule has 0 saturated carbocycles. The Bertz CT molecular complexity index is 987. The lowest BCUT2D eigenvalue weighted by Crippen LogP contribution is -2.17. The molecule has 1 amide bonds. The molecular formula is C19H15ClN2O3S. The van der Waals surface area contributed by atoms with E-state index in [-0.39, 0.29) is 5.91 Å². The Morgan fingerprint density at radius 3 is 2.88 bits per heavy atom. The third-order valence-electron chi connectivity index (χ3n) is 3.89. The van der Waals surface area contributed by atoms with Gasteiger partial charge in [-0.2, -0.15) is 0 Å². The largest absolute Gasteiger partial charge is 0.486 e. The minimum atomic E-state index is -0.268. The molecule has 0 saturated heterocycles. The number of thiazole rings is 1. The molecule has 1 aliphatic rings. The lowest BCUT2D eigenvalue weighted by atomic mass is 10.1. The van der Waals surface area contributed by atoms with Gasteiger partial charge in [-0.05, 0) is 31.2 Å². The van der Waals surface area contributed by atoms with E-state index in [0.29, 0.717) is 41.0 Å². The van der Waals surface area contributed by atoms with E-state index >= 15 is 0 Å². The van der Waals surface area contributed by atoms with Gasteiger partial charge < -0.3 is 14.8 Å². The number of aromatic nitrogens is 1. The Kier molecular flexibility index (Phi) is 4.53. The number of carbonyl (C=O) groups is 1. The van der Waals surface area contributed by atoms with Crippen LogP contribution in [0.5, 0.6) is 11.5 Å². The predicted molar refractivity (Wildman–Crippen MR) is 103 cm³/mol. The Morgan fingerprint density at radius 2 is 2.08 bits per heavy atom. The van der Waals surface area contributed by atoms with Gasteiger partial charge in [0.15, 0.2) is 11.5 Å². The van der Waals surface area contributed by atoms with Gasteiger partial charge in [0.25, 0.3) is 5.91 Å². The molecule has 0 bridgehead atoms. The highest BCUT2D eigenvalue weighted by Crippen LogP contribution is 2.38. The first-order valence-corrected chi connectivity index (χ1v) is 9.29. The normalized spacial score (nSPS) is 12.7. The average Bonchev–Trinajstić information content (AvgIpc) is 3.08. The van der Waals surface area contributed by atoms with Crippen molar-refractivity contribution in [2.75, 3.05) is 18.5 Å². The number of aryl methyl sites for hydroxylation is 1. The Balaban J connectivity index is 1.58. The molecule has 26 heavy (non-hydrogen) atoms. The lowest BCUT2D eigenvalue weighted by Gasteiger charge is -2.20. The molecule has 0 aliphatic carbocycles. The number of nitrogens with one attached hydrogen (secondary N) is 1. The zero-order valence-corrected chi connectivity index (χ0v) is 15.5. The molecule has 7 heteroatoms. The summed E-state index contributed by atoms with van der Waals surface area (Å²) in [6.45, 7) is 2.84. The van der Waals surface area contributed by atoms with Crippen molar-refractivity contribution in [3.05, 3.63) is 57.4 Å². The number of fused-ring (bicyclic) bond motifs is 1. The van der Waals surface area contributed by atoms with Gasteiger partial charge in [0.05, 0.1) is 15.7 Å². The van der Waals surface area contributed by atoms with Crippen molar-refractivity contribution in [3.8, 4) is 22.8 Å². The average molecular weight is 387 g/mol. The standard InChI is InChI=1S/C19H15ClN2O3S/c1-11-21-16(10-26-11)12-3-2-4-14(7-12)22-19(23)13-8-15(20)18-17(9-13)24-5-6-25-18/h2-4,7-10H,5-6H2,1H3,(H,22,23). The van der Waals surface area contributed by atoms with Crippen LogP contribution in [-0.4, -0.2) is 24.1 Å². The van der Waals surface area contributed by atoms with Gasteiger partial charge in [-0.25, -0.2) is 4.98 Å². The SMILES string of the molecule is Cc1nc(-c2cccc(NC(=O)c3cc(Cl)c4c(c3)OCCO4)c2)cs1. The van der Waals surface area contributed by atoms with Crippen LogP contribution in [0.15, 0.2) is 41.8 Å². The molecule has 2 aromatic carbocycles. The van der Waals surface area contributed by atoms with Gasteiger partial charge >= 0.3 is 0 Å². The van der Waals surface area contributed by atoms with Gasteiger partial charge in [0.2, 0.25) is 0 Å². The van der Waals surface area contributed by atoms with Crippen LogP contribution in [0.25, 0.3) is 11.3 Å². The van der Waals surface area contributed by atoms with E-state index < -0.39 is 0 Å². The molecule has 5 nitrogen and oxygen atoms in total. The third kappa shape index (κ3) is 3.38. The molecule has 2 heterocycles. The van der Waals surface area contributed by atoms with Crippen molar-refractivity contribution in [2.24, 2.45) is 0 Å². The van der Waals surface area contributed by atoms with Gasteiger partial charge in [-0.15, -0.1) is 11.3 Å². The van der Waals surface area contributed by atoms with Gasteiger partial charge in [-0.3, -0.25) is 4.79 Å². The second kappa shape index (κ2) is 6.97. The predicted octanol–water partition coefficient (Wildman–Crippen LogP) is 4.80. The molecule has 0 spiro atoms. The van der Waals surface area contributed by atoms with Crippen molar-refractivity contribution >= 4 is 34.5 Å². The van der Waals surface area contributed by atoms with Crippen LogP contribution in [0, 0.1) is 6.92 Å². The van der Waals surface area contributed by atoms with E-state index in [4.69, 9.17) is 21.1 Å². The fourth-order valence-corrected chi connectivity index (χ4v) is 3.58. The van der Waals surface area contributed by atoms with Crippen molar-refractivity contribution < 1.29 is 14.3 Å². The van der Waals surface area contributed by atoms with E-state index in [1.807, 2.05) is 36.6 Å². The molecule has 1 aromatic heterocycles. The summed E-state index contributed by atoms with van der Waals surface area (Å²) in [4.78, 5) is 17.1. The van der Waals surface area contributed by atoms with Crippen molar-refractivity contribution in [1.29, 1.82) is 0 Å². The molecular weight excluding hydrogens is 372 g/mol. The Labute approximate surface area is 159 Å². The fourth-order valence-electron chi connectivity index (χ4n) is 2.70. The topological polar surface area (TPSA) is 60.5 Å². The number of hydrogen-bond donors (Lipinski definition) is 1. The molecule has 3 aromatic rings. The van der Waals surface area contributed by atoms with Crippen LogP contribution in [0.2, 0.25) is 5.02 Å². The lowest BCUT2D eigenvalue weighted by molar-refractivity contribution is 0.102. The number of nitrogens with zero attached hydrogens (tertiary/aromatic N) is 1. The van der Waals surface area contributed by atoms with Crippen LogP contribution >= 0.6 is 22.9 Å². The summed E-state index contributed by atoms with van der Waals surface area (Å²) < 4.78 is 11.0. The summed E-state index contributed by atoms with van der Waals surface area (Å²) in [7, 11) is 0. The third-order valence-corrected chi connectivity index (χ3v) is 4.95. The Hall–Kier alpha value is -2.57. The minimum Gasteiger partial charge on any atom is -0.486 e. The maximum Gasteiger partial charge on any atom is 0.255 e. The number of benzene rings is 2. The number of halogens is 1. The fraction of sp³-hybridized carbons (Fsp3) is 0.158. The highest BCUT2D eigenvalue weighted by Gasteiger charge is 2.19. The van der Waals surface area contributed by atoms with Crippen LogP contribution < -0.4 is 14.8 Å². The van der Waals surface area contributed by atoms with Gasteiger partial charge in [0.1, 0.15) is 13.2 Å². The maximum absolute atomic E-state index is 12.6. The van der Waals surface area contributed by atoms with Crippen molar-refractivity contribution in [1.82, 2.24) is 4.98 Å². The molecule has 1 N–H and O–H groups in total. The number of carbonyl (C=O) groups excluding carboxylic acids is 1. The summed E-state index contributed by atoms with van der Waals surface area (Å²) in [5.41, 5.74) is 2.94. The highest BCUT2D eigenvalue weighted by molar-refractivity contribution is 7.09. The molecule has 0 fully saturated rings. The zero-order valence-electron chi connectivity index (χ0n) is 13.9. The first kappa shape index (κ1) is 16.9. The van der Waals surface area contributed by atoms with Crippen LogP contribution in [0.1, 0.15) is 15.4 Å². The second-order valence-electron chi connectivity index (χ2n) is 5.77. The first-order chi connectivity index (χ1) is 12.6.